The highest BCUT2D eigenvalue weighted by atomic mass is 35.5. The van der Waals surface area contributed by atoms with Crippen LogP contribution >= 0.6 is 23.2 Å². The second-order valence-electron chi connectivity index (χ2n) is 7.19. The van der Waals surface area contributed by atoms with Crippen molar-refractivity contribution < 1.29 is 14.5 Å². The molecule has 1 amide bonds. The number of aromatic nitrogens is 2. The number of aryl methyl sites for hydroxylation is 1. The van der Waals surface area contributed by atoms with Crippen molar-refractivity contribution in [3.05, 3.63) is 85.1 Å². The molecule has 0 saturated heterocycles. The number of nitro groups is 1. The maximum atomic E-state index is 12.4. The fourth-order valence-corrected chi connectivity index (χ4v) is 3.65. The van der Waals surface area contributed by atoms with Crippen molar-refractivity contribution in [1.82, 2.24) is 15.2 Å². The molecular formula is C22H21Cl2N5O4. The molecule has 0 aliphatic rings. The molecule has 1 atom stereocenters. The van der Waals surface area contributed by atoms with E-state index in [-0.39, 0.29) is 18.0 Å². The first-order valence-corrected chi connectivity index (χ1v) is 10.6. The Hall–Kier alpha value is -3.43. The molecule has 2 aromatic carbocycles. The zero-order chi connectivity index (χ0) is 24.1. The molecule has 0 radical (unpaired) electrons. The predicted octanol–water partition coefficient (Wildman–Crippen LogP) is 5.01. The molecule has 0 spiro atoms. The summed E-state index contributed by atoms with van der Waals surface area (Å²) < 4.78 is 7.05. The van der Waals surface area contributed by atoms with Crippen LogP contribution in [0.5, 0.6) is 5.75 Å². The standard InChI is InChI=1S/C22H21Cl2N5O4/c1-13-21(29(31)32)14(2)28(27-13)15(3)22(30)26-25-11-16-7-9-17(10-8-16)33-12-18-19(23)5-4-6-20(18)24/h4-11,15H,12H2,1-3H3,(H,26,30)/b25-11+. The molecule has 9 nitrogen and oxygen atoms in total. The third-order valence-corrected chi connectivity index (χ3v) is 5.64. The fourth-order valence-electron chi connectivity index (χ4n) is 3.15. The molecular weight excluding hydrogens is 469 g/mol. The average molecular weight is 490 g/mol. The summed E-state index contributed by atoms with van der Waals surface area (Å²) in [6.45, 7) is 4.89. The van der Waals surface area contributed by atoms with Crippen LogP contribution in [-0.4, -0.2) is 26.8 Å². The zero-order valence-electron chi connectivity index (χ0n) is 18.1. The number of nitrogens with zero attached hydrogens (tertiary/aromatic N) is 4. The van der Waals surface area contributed by atoms with E-state index in [0.29, 0.717) is 27.1 Å². The summed E-state index contributed by atoms with van der Waals surface area (Å²) in [5.74, 6) is 0.162. The SMILES string of the molecule is Cc1nn(C(C)C(=O)N/N=C/c2ccc(OCc3c(Cl)cccc3Cl)cc2)c(C)c1[N+](=O)[O-]. The van der Waals surface area contributed by atoms with Gasteiger partial charge in [-0.15, -0.1) is 0 Å². The van der Waals surface area contributed by atoms with Gasteiger partial charge in [0.05, 0.1) is 11.1 Å². The summed E-state index contributed by atoms with van der Waals surface area (Å²) in [4.78, 5) is 23.1. The first-order valence-electron chi connectivity index (χ1n) is 9.87. The number of ether oxygens (including phenoxy) is 1. The normalized spacial score (nSPS) is 12.0. The van der Waals surface area contributed by atoms with Gasteiger partial charge in [0, 0.05) is 15.6 Å². The number of hydrogen-bond donors (Lipinski definition) is 1. The van der Waals surface area contributed by atoms with E-state index in [2.05, 4.69) is 15.6 Å². The third-order valence-electron chi connectivity index (χ3n) is 4.93. The van der Waals surface area contributed by atoms with Crippen molar-refractivity contribution in [3.8, 4) is 5.75 Å². The second kappa shape index (κ2) is 10.5. The van der Waals surface area contributed by atoms with Crippen molar-refractivity contribution in [3.63, 3.8) is 0 Å². The third kappa shape index (κ3) is 5.68. The minimum absolute atomic E-state index is 0.0998. The van der Waals surface area contributed by atoms with Crippen molar-refractivity contribution >= 4 is 41.0 Å². The summed E-state index contributed by atoms with van der Waals surface area (Å²) in [5, 5.41) is 20.3. The van der Waals surface area contributed by atoms with Crippen molar-refractivity contribution in [2.75, 3.05) is 0 Å². The molecule has 3 aromatic rings. The second-order valence-corrected chi connectivity index (χ2v) is 8.00. The van der Waals surface area contributed by atoms with Gasteiger partial charge >= 0.3 is 5.69 Å². The molecule has 172 valence electrons. The molecule has 1 N–H and O–H groups in total. The van der Waals surface area contributed by atoms with Gasteiger partial charge in [-0.25, -0.2) is 5.43 Å². The molecule has 0 bridgehead atoms. The van der Waals surface area contributed by atoms with Crippen LogP contribution in [0.4, 0.5) is 5.69 Å². The number of halogens is 2. The van der Waals surface area contributed by atoms with Gasteiger partial charge < -0.3 is 4.74 Å². The Balaban J connectivity index is 1.57. The minimum atomic E-state index is -0.776. The van der Waals surface area contributed by atoms with E-state index in [1.54, 1.807) is 56.3 Å². The van der Waals surface area contributed by atoms with Crippen LogP contribution in [0, 0.1) is 24.0 Å². The van der Waals surface area contributed by atoms with E-state index in [9.17, 15) is 14.9 Å². The number of hydrazone groups is 1. The maximum Gasteiger partial charge on any atom is 0.312 e. The van der Waals surface area contributed by atoms with Crippen molar-refractivity contribution in [2.45, 2.75) is 33.4 Å². The Kier molecular flexibility index (Phi) is 7.67. The fraction of sp³-hybridized carbons (Fsp3) is 0.227. The van der Waals surface area contributed by atoms with E-state index in [1.165, 1.54) is 17.8 Å². The number of benzene rings is 2. The van der Waals surface area contributed by atoms with E-state index in [1.807, 2.05) is 0 Å². The Morgan fingerprint density at radius 3 is 2.45 bits per heavy atom. The topological polar surface area (TPSA) is 112 Å². The van der Waals surface area contributed by atoms with Crippen molar-refractivity contribution in [2.24, 2.45) is 5.10 Å². The molecule has 0 fully saturated rings. The Morgan fingerprint density at radius 1 is 1.24 bits per heavy atom. The lowest BCUT2D eigenvalue weighted by Crippen LogP contribution is -2.28. The highest BCUT2D eigenvalue weighted by Gasteiger charge is 2.26. The van der Waals surface area contributed by atoms with E-state index >= 15 is 0 Å². The number of nitrogens with one attached hydrogen (secondary N) is 1. The zero-order valence-corrected chi connectivity index (χ0v) is 19.6. The van der Waals surface area contributed by atoms with Crippen LogP contribution in [0.15, 0.2) is 47.6 Å². The molecule has 1 aromatic heterocycles. The monoisotopic (exact) mass is 489 g/mol. The molecule has 3 rings (SSSR count). The van der Waals surface area contributed by atoms with Crippen LogP contribution in [0.2, 0.25) is 10.0 Å². The average Bonchev–Trinajstić information content (AvgIpc) is 3.07. The molecule has 1 heterocycles. The number of carbonyl (C=O) groups is 1. The highest BCUT2D eigenvalue weighted by molar-refractivity contribution is 6.35. The van der Waals surface area contributed by atoms with Gasteiger partial charge in [0.15, 0.2) is 0 Å². The van der Waals surface area contributed by atoms with Gasteiger partial charge in [0.25, 0.3) is 5.91 Å². The van der Waals surface area contributed by atoms with Crippen LogP contribution in [0.3, 0.4) is 0 Å². The Labute approximate surface area is 200 Å². The molecule has 33 heavy (non-hydrogen) atoms. The molecule has 0 aliphatic heterocycles. The van der Waals surface area contributed by atoms with E-state index in [4.69, 9.17) is 27.9 Å². The van der Waals surface area contributed by atoms with Gasteiger partial charge in [0.2, 0.25) is 0 Å². The van der Waals surface area contributed by atoms with Crippen LogP contribution < -0.4 is 10.2 Å². The van der Waals surface area contributed by atoms with Gasteiger partial charge in [-0.05, 0) is 62.7 Å². The molecule has 1 unspecified atom stereocenters. The summed E-state index contributed by atoms with van der Waals surface area (Å²) in [7, 11) is 0. The van der Waals surface area contributed by atoms with Crippen molar-refractivity contribution in [1.29, 1.82) is 0 Å². The van der Waals surface area contributed by atoms with Gasteiger partial charge in [0.1, 0.15) is 29.8 Å². The van der Waals surface area contributed by atoms with Gasteiger partial charge in [-0.3, -0.25) is 19.6 Å². The van der Waals surface area contributed by atoms with E-state index < -0.39 is 16.9 Å². The first kappa shape index (κ1) is 24.2. The number of carbonyl (C=O) groups excluding carboxylic acids is 1. The molecule has 0 saturated carbocycles. The largest absolute Gasteiger partial charge is 0.489 e. The van der Waals surface area contributed by atoms with Crippen LogP contribution in [0.1, 0.15) is 35.5 Å². The lowest BCUT2D eigenvalue weighted by atomic mass is 10.2. The van der Waals surface area contributed by atoms with E-state index in [0.717, 1.165) is 5.56 Å². The first-order chi connectivity index (χ1) is 15.7. The summed E-state index contributed by atoms with van der Waals surface area (Å²) >= 11 is 12.3. The van der Waals surface area contributed by atoms with Gasteiger partial charge in [-0.2, -0.15) is 10.2 Å². The summed E-state index contributed by atoms with van der Waals surface area (Å²) in [6, 6.07) is 11.5. The van der Waals surface area contributed by atoms with Crippen LogP contribution in [-0.2, 0) is 11.4 Å². The number of amides is 1. The summed E-state index contributed by atoms with van der Waals surface area (Å²) in [5.41, 5.74) is 4.32. The maximum absolute atomic E-state index is 12.4. The lowest BCUT2D eigenvalue weighted by molar-refractivity contribution is -0.386. The van der Waals surface area contributed by atoms with Gasteiger partial charge in [-0.1, -0.05) is 29.3 Å². The number of hydrogen-bond acceptors (Lipinski definition) is 6. The minimum Gasteiger partial charge on any atom is -0.489 e. The summed E-state index contributed by atoms with van der Waals surface area (Å²) in [6.07, 6.45) is 1.48. The Morgan fingerprint density at radius 2 is 1.88 bits per heavy atom. The number of rotatable bonds is 8. The molecule has 0 aliphatic carbocycles. The predicted molar refractivity (Wildman–Crippen MR) is 126 cm³/mol. The lowest BCUT2D eigenvalue weighted by Gasteiger charge is -2.11. The Bertz CT molecular complexity index is 1190. The highest BCUT2D eigenvalue weighted by Crippen LogP contribution is 2.26. The smallest absolute Gasteiger partial charge is 0.312 e. The molecule has 11 heteroatoms. The van der Waals surface area contributed by atoms with Crippen LogP contribution in [0.25, 0.3) is 0 Å². The quantitative estimate of drug-likeness (QED) is 0.271.